The van der Waals surface area contributed by atoms with Gasteiger partial charge in [-0.3, -0.25) is 4.79 Å². The minimum Gasteiger partial charge on any atom is -0.480 e. The summed E-state index contributed by atoms with van der Waals surface area (Å²) in [6, 6.07) is 1.84. The molecule has 1 N–H and O–H groups in total. The molecule has 112 valence electrons. The Kier molecular flexibility index (Phi) is 3.39. The van der Waals surface area contributed by atoms with Crippen LogP contribution in [0.4, 0.5) is 0 Å². The molecule has 2 aromatic heterocycles. The van der Waals surface area contributed by atoms with Crippen molar-refractivity contribution >= 4 is 38.6 Å². The summed E-state index contributed by atoms with van der Waals surface area (Å²) < 4.78 is 31.3. The average Bonchev–Trinajstić information content (AvgIpc) is 3.06. The molecule has 0 spiro atoms. The van der Waals surface area contributed by atoms with E-state index in [0.29, 0.717) is 11.8 Å². The molecule has 1 saturated heterocycles. The Morgan fingerprint density at radius 3 is 2.95 bits per heavy atom. The summed E-state index contributed by atoms with van der Waals surface area (Å²) in [6.45, 7) is 0.155. The fourth-order valence-electron chi connectivity index (χ4n) is 2.43. The molecule has 0 aromatic carbocycles. The number of fused-ring (bicyclic) bond motifs is 1. The summed E-state index contributed by atoms with van der Waals surface area (Å²) in [5, 5.41) is 9.35. The first-order chi connectivity index (χ1) is 9.91. The maximum absolute atomic E-state index is 12.5. The Hall–Kier alpha value is -1.64. The lowest BCUT2D eigenvalue weighted by Crippen LogP contribution is -2.40. The van der Waals surface area contributed by atoms with E-state index in [-0.39, 0.29) is 28.8 Å². The van der Waals surface area contributed by atoms with Gasteiger partial charge in [0, 0.05) is 24.2 Å². The van der Waals surface area contributed by atoms with Crippen molar-refractivity contribution in [2.24, 2.45) is 0 Å². The van der Waals surface area contributed by atoms with E-state index in [0.717, 1.165) is 4.31 Å². The molecule has 2 aromatic rings. The van der Waals surface area contributed by atoms with Gasteiger partial charge in [-0.1, -0.05) is 11.6 Å². The highest BCUT2D eigenvalue weighted by Crippen LogP contribution is 2.31. The summed E-state index contributed by atoms with van der Waals surface area (Å²) in [7, 11) is -4.01. The zero-order valence-electron chi connectivity index (χ0n) is 10.7. The molecule has 1 atom stereocenters. The third-order valence-electron chi connectivity index (χ3n) is 3.42. The maximum atomic E-state index is 12.5. The normalized spacial score (nSPS) is 20.1. The summed E-state index contributed by atoms with van der Waals surface area (Å²) in [6.07, 6.45) is 2.22. The summed E-state index contributed by atoms with van der Waals surface area (Å²) in [5.41, 5.74) is 0.170. The highest BCUT2D eigenvalue weighted by molar-refractivity contribution is 7.89. The minimum atomic E-state index is -4.01. The molecule has 0 saturated carbocycles. The van der Waals surface area contributed by atoms with Crippen molar-refractivity contribution < 1.29 is 22.7 Å². The van der Waals surface area contributed by atoms with Crippen LogP contribution in [0.5, 0.6) is 0 Å². The number of carbonyl (C=O) groups is 1. The van der Waals surface area contributed by atoms with Gasteiger partial charge in [0.15, 0.2) is 10.7 Å². The summed E-state index contributed by atoms with van der Waals surface area (Å²) in [5.74, 6) is -1.16. The number of carboxylic acids is 1. The first-order valence-corrected chi connectivity index (χ1v) is 8.02. The number of aliphatic carboxylic acids is 1. The molecule has 0 amide bonds. The predicted molar refractivity (Wildman–Crippen MR) is 73.6 cm³/mol. The lowest BCUT2D eigenvalue weighted by atomic mass is 10.2. The molecular weight excluding hydrogens is 320 g/mol. The number of aromatic nitrogens is 1. The van der Waals surface area contributed by atoms with Crippen molar-refractivity contribution in [3.8, 4) is 0 Å². The van der Waals surface area contributed by atoms with Crippen LogP contribution in [0.2, 0.25) is 5.15 Å². The van der Waals surface area contributed by atoms with E-state index in [1.165, 1.54) is 12.3 Å². The van der Waals surface area contributed by atoms with Crippen LogP contribution < -0.4 is 0 Å². The van der Waals surface area contributed by atoms with Crippen LogP contribution in [-0.4, -0.2) is 41.4 Å². The fourth-order valence-corrected chi connectivity index (χ4v) is 4.23. The van der Waals surface area contributed by atoms with E-state index < -0.39 is 22.0 Å². The third kappa shape index (κ3) is 2.29. The lowest BCUT2D eigenvalue weighted by Gasteiger charge is -2.19. The number of sulfonamides is 1. The van der Waals surface area contributed by atoms with Crippen LogP contribution in [0, 0.1) is 0 Å². The molecule has 1 fully saturated rings. The van der Waals surface area contributed by atoms with Crippen molar-refractivity contribution in [3.63, 3.8) is 0 Å². The van der Waals surface area contributed by atoms with E-state index in [2.05, 4.69) is 4.98 Å². The second-order valence-corrected chi connectivity index (χ2v) is 6.88. The van der Waals surface area contributed by atoms with Crippen LogP contribution >= 0.6 is 11.6 Å². The van der Waals surface area contributed by atoms with Crippen LogP contribution in [0.1, 0.15) is 12.8 Å². The Balaban J connectivity index is 2.08. The van der Waals surface area contributed by atoms with Gasteiger partial charge < -0.3 is 9.52 Å². The molecule has 9 heteroatoms. The lowest BCUT2D eigenvalue weighted by molar-refractivity contribution is -0.140. The van der Waals surface area contributed by atoms with E-state index >= 15 is 0 Å². The van der Waals surface area contributed by atoms with Gasteiger partial charge in [0.25, 0.3) is 10.0 Å². The van der Waals surface area contributed by atoms with Crippen molar-refractivity contribution in [3.05, 3.63) is 23.5 Å². The predicted octanol–water partition coefficient (Wildman–Crippen LogP) is 1.72. The molecule has 3 heterocycles. The van der Waals surface area contributed by atoms with Crippen molar-refractivity contribution in [1.29, 1.82) is 0 Å². The van der Waals surface area contributed by atoms with E-state index in [9.17, 15) is 13.2 Å². The van der Waals surface area contributed by atoms with Crippen molar-refractivity contribution in [2.45, 2.75) is 24.0 Å². The highest BCUT2D eigenvalue weighted by Gasteiger charge is 2.41. The van der Waals surface area contributed by atoms with E-state index in [4.69, 9.17) is 21.1 Å². The van der Waals surface area contributed by atoms with Gasteiger partial charge in [0.2, 0.25) is 5.09 Å². The number of hydrogen-bond acceptors (Lipinski definition) is 5. The van der Waals surface area contributed by atoms with Crippen LogP contribution in [0.25, 0.3) is 11.0 Å². The van der Waals surface area contributed by atoms with Gasteiger partial charge in [-0.2, -0.15) is 4.31 Å². The van der Waals surface area contributed by atoms with Crippen LogP contribution in [0.3, 0.4) is 0 Å². The standard InChI is InChI=1S/C12H11ClN2O5S/c13-11-10-7(3-4-14-11)6-9(20-10)21(18,19)15-5-1-2-8(15)12(16)17/h3-4,6,8H,1-2,5H2,(H,16,17)/t8-/m0/s1. The first kappa shape index (κ1) is 14.3. The van der Waals surface area contributed by atoms with Crippen LogP contribution in [-0.2, 0) is 14.8 Å². The minimum absolute atomic E-state index is 0.0603. The Morgan fingerprint density at radius 2 is 2.29 bits per heavy atom. The number of hydrogen-bond donors (Lipinski definition) is 1. The average molecular weight is 331 g/mol. The maximum Gasteiger partial charge on any atom is 0.322 e. The Morgan fingerprint density at radius 1 is 1.52 bits per heavy atom. The molecule has 3 rings (SSSR count). The zero-order valence-corrected chi connectivity index (χ0v) is 12.3. The topological polar surface area (TPSA) is 101 Å². The second kappa shape index (κ2) is 4.97. The highest BCUT2D eigenvalue weighted by atomic mass is 35.5. The molecule has 0 bridgehead atoms. The van der Waals surface area contributed by atoms with Gasteiger partial charge in [-0.15, -0.1) is 0 Å². The van der Waals surface area contributed by atoms with E-state index in [1.54, 1.807) is 6.07 Å². The fraction of sp³-hybridized carbons (Fsp3) is 0.333. The molecular formula is C12H11ClN2O5S. The third-order valence-corrected chi connectivity index (χ3v) is 5.45. The molecule has 1 aliphatic rings. The summed E-state index contributed by atoms with van der Waals surface area (Å²) >= 11 is 5.85. The number of rotatable bonds is 3. The van der Waals surface area contributed by atoms with Crippen molar-refractivity contribution in [1.82, 2.24) is 9.29 Å². The molecule has 1 aliphatic heterocycles. The molecule has 21 heavy (non-hydrogen) atoms. The Bertz CT molecular complexity index is 816. The van der Waals surface area contributed by atoms with Crippen molar-refractivity contribution in [2.75, 3.05) is 6.54 Å². The molecule has 0 unspecified atom stereocenters. The SMILES string of the molecule is O=C(O)[C@@H]1CCCN1S(=O)(=O)c1cc2ccnc(Cl)c2o1. The number of halogens is 1. The number of carboxylic acid groups (broad SMARTS) is 1. The zero-order chi connectivity index (χ0) is 15.2. The second-order valence-electron chi connectivity index (χ2n) is 4.70. The van der Waals surface area contributed by atoms with Gasteiger partial charge in [0.1, 0.15) is 6.04 Å². The Labute approximate surface area is 125 Å². The first-order valence-electron chi connectivity index (χ1n) is 6.20. The smallest absolute Gasteiger partial charge is 0.322 e. The largest absolute Gasteiger partial charge is 0.480 e. The number of nitrogens with zero attached hydrogens (tertiary/aromatic N) is 2. The van der Waals surface area contributed by atoms with Gasteiger partial charge in [-0.25, -0.2) is 13.4 Å². The van der Waals surface area contributed by atoms with E-state index in [1.807, 2.05) is 0 Å². The molecule has 7 nitrogen and oxygen atoms in total. The summed E-state index contributed by atoms with van der Waals surface area (Å²) in [4.78, 5) is 15.0. The number of pyridine rings is 1. The molecule has 0 radical (unpaired) electrons. The number of furan rings is 1. The van der Waals surface area contributed by atoms with Crippen LogP contribution in [0.15, 0.2) is 27.8 Å². The monoisotopic (exact) mass is 330 g/mol. The molecule has 0 aliphatic carbocycles. The van der Waals surface area contributed by atoms with Gasteiger partial charge in [0.05, 0.1) is 0 Å². The quantitative estimate of drug-likeness (QED) is 0.860. The van der Waals surface area contributed by atoms with Gasteiger partial charge >= 0.3 is 5.97 Å². The van der Waals surface area contributed by atoms with Gasteiger partial charge in [-0.05, 0) is 18.9 Å².